The van der Waals surface area contributed by atoms with Crippen molar-refractivity contribution in [3.63, 3.8) is 0 Å². The predicted octanol–water partition coefficient (Wildman–Crippen LogP) is 4.14. The van der Waals surface area contributed by atoms with Crippen LogP contribution in [0.2, 0.25) is 0 Å². The summed E-state index contributed by atoms with van der Waals surface area (Å²) in [6, 6.07) is 5.35. The zero-order valence-electron chi connectivity index (χ0n) is 15.4. The van der Waals surface area contributed by atoms with Crippen LogP contribution in [-0.4, -0.2) is 42.3 Å². The first-order chi connectivity index (χ1) is 14.9. The second-order valence-corrected chi connectivity index (χ2v) is 7.16. The molecule has 1 unspecified atom stereocenters. The van der Waals surface area contributed by atoms with E-state index in [0.29, 0.717) is 11.2 Å². The number of anilines is 1. The highest BCUT2D eigenvalue weighted by Gasteiger charge is 2.21. The third kappa shape index (κ3) is 4.56. The molecule has 1 aromatic carbocycles. The third-order valence-electron chi connectivity index (χ3n) is 4.18. The summed E-state index contributed by atoms with van der Waals surface area (Å²) < 4.78 is 57.2. The number of benzene rings is 1. The molecular formula is C18H14F4N6O2S. The second-order valence-electron chi connectivity index (χ2n) is 6.10. The number of ether oxygens (including phenoxy) is 1. The number of hydrogen-bond acceptors (Lipinski definition) is 7. The lowest BCUT2D eigenvalue weighted by Crippen LogP contribution is -2.10. The van der Waals surface area contributed by atoms with Crippen LogP contribution in [0.1, 0.15) is 11.8 Å². The van der Waals surface area contributed by atoms with E-state index in [9.17, 15) is 22.7 Å². The number of rotatable bonds is 8. The van der Waals surface area contributed by atoms with Gasteiger partial charge in [-0.15, -0.1) is 0 Å². The maximum absolute atomic E-state index is 12.9. The molecule has 162 valence electrons. The van der Waals surface area contributed by atoms with Gasteiger partial charge in [-0.25, -0.2) is 9.50 Å². The molecule has 1 atom stereocenters. The summed E-state index contributed by atoms with van der Waals surface area (Å²) >= 11 is 0.253. The van der Waals surface area contributed by atoms with Crippen LogP contribution in [0.4, 0.5) is 23.2 Å². The molecule has 0 radical (unpaired) electrons. The highest BCUT2D eigenvalue weighted by Crippen LogP contribution is 2.39. The highest BCUT2D eigenvalue weighted by atomic mass is 32.2. The Bertz CT molecular complexity index is 1180. The molecule has 4 rings (SSSR count). The van der Waals surface area contributed by atoms with Gasteiger partial charge >= 0.3 is 6.61 Å². The number of fused-ring (bicyclic) bond motifs is 1. The topological polar surface area (TPSA) is 100 Å². The van der Waals surface area contributed by atoms with Gasteiger partial charge in [0.25, 0.3) is 5.76 Å². The molecule has 0 fully saturated rings. The normalized spacial score (nSPS) is 12.6. The fraction of sp³-hybridized carbons (Fsp3) is 0.167. The van der Waals surface area contributed by atoms with E-state index in [-0.39, 0.29) is 39.4 Å². The molecule has 3 aromatic heterocycles. The van der Waals surface area contributed by atoms with Crippen LogP contribution in [0.15, 0.2) is 53.9 Å². The molecule has 0 saturated carbocycles. The summed E-state index contributed by atoms with van der Waals surface area (Å²) in [5.74, 6) is -2.95. The number of aromatic nitrogens is 5. The Labute approximate surface area is 176 Å². The van der Waals surface area contributed by atoms with Gasteiger partial charge in [0.1, 0.15) is 11.4 Å². The van der Waals surface area contributed by atoms with Crippen molar-refractivity contribution in [3.05, 3.63) is 54.6 Å². The van der Waals surface area contributed by atoms with E-state index in [4.69, 9.17) is 0 Å². The number of nitrogens with zero attached hydrogens (tertiary/aromatic N) is 4. The molecule has 3 N–H and O–H groups in total. The number of aromatic amines is 1. The zero-order chi connectivity index (χ0) is 22.0. The number of nitrogens with one attached hydrogen (secondary N) is 2. The maximum atomic E-state index is 12.9. The zero-order valence-corrected chi connectivity index (χ0v) is 16.2. The van der Waals surface area contributed by atoms with Crippen LogP contribution in [0.5, 0.6) is 5.75 Å². The Morgan fingerprint density at radius 2 is 2.06 bits per heavy atom. The lowest BCUT2D eigenvalue weighted by Gasteiger charge is -2.15. The largest absolute Gasteiger partial charge is 0.434 e. The standard InChI is InChI=1S/C18H14F4N6O2S/c19-17(20)30-13-3-2-9(31-18(21)22)6-10(13)14-12(8-24-27-14)26-16(29)11-7-25-28-5-1-4-23-15(11)28/h1-8,16-18,26,29H,(H,24,27). The number of halogens is 4. The van der Waals surface area contributed by atoms with Gasteiger partial charge in [-0.1, -0.05) is 11.8 Å². The molecule has 0 bridgehead atoms. The average Bonchev–Trinajstić information content (AvgIpc) is 3.35. The van der Waals surface area contributed by atoms with Gasteiger partial charge in [-0.3, -0.25) is 5.10 Å². The smallest absolute Gasteiger partial charge is 0.387 e. The lowest BCUT2D eigenvalue weighted by atomic mass is 10.1. The van der Waals surface area contributed by atoms with Crippen molar-refractivity contribution in [3.8, 4) is 17.0 Å². The van der Waals surface area contributed by atoms with Gasteiger partial charge in [-0.05, 0) is 24.3 Å². The lowest BCUT2D eigenvalue weighted by molar-refractivity contribution is -0.0494. The van der Waals surface area contributed by atoms with E-state index >= 15 is 0 Å². The van der Waals surface area contributed by atoms with Crippen molar-refractivity contribution >= 4 is 23.1 Å². The van der Waals surface area contributed by atoms with Crippen LogP contribution in [0.25, 0.3) is 16.9 Å². The predicted molar refractivity (Wildman–Crippen MR) is 104 cm³/mol. The van der Waals surface area contributed by atoms with E-state index in [0.717, 1.165) is 6.07 Å². The van der Waals surface area contributed by atoms with E-state index in [1.807, 2.05) is 0 Å². The van der Waals surface area contributed by atoms with Crippen LogP contribution < -0.4 is 10.1 Å². The van der Waals surface area contributed by atoms with Crippen molar-refractivity contribution in [1.82, 2.24) is 24.8 Å². The number of alkyl halides is 4. The van der Waals surface area contributed by atoms with Gasteiger partial charge in [-0.2, -0.15) is 27.8 Å². The quantitative estimate of drug-likeness (QED) is 0.209. The summed E-state index contributed by atoms with van der Waals surface area (Å²) in [5, 5.41) is 24.1. The third-order valence-corrected chi connectivity index (χ3v) is 4.89. The minimum atomic E-state index is -3.13. The molecule has 0 saturated heterocycles. The van der Waals surface area contributed by atoms with E-state index in [1.54, 1.807) is 12.3 Å². The Morgan fingerprint density at radius 1 is 1.23 bits per heavy atom. The van der Waals surface area contributed by atoms with E-state index < -0.39 is 18.6 Å². The van der Waals surface area contributed by atoms with Crippen LogP contribution in [0.3, 0.4) is 0 Å². The second kappa shape index (κ2) is 8.81. The van der Waals surface area contributed by atoms with Gasteiger partial charge < -0.3 is 15.2 Å². The van der Waals surface area contributed by atoms with Gasteiger partial charge in [0, 0.05) is 29.0 Å². The molecule has 0 aliphatic rings. The number of hydrogen-bond donors (Lipinski definition) is 3. The molecule has 0 aliphatic carbocycles. The molecule has 0 amide bonds. The Kier molecular flexibility index (Phi) is 5.95. The van der Waals surface area contributed by atoms with Gasteiger partial charge in [0.2, 0.25) is 0 Å². The molecular weight excluding hydrogens is 440 g/mol. The molecule has 31 heavy (non-hydrogen) atoms. The van der Waals surface area contributed by atoms with E-state index in [2.05, 4.69) is 30.3 Å². The molecule has 4 aromatic rings. The van der Waals surface area contributed by atoms with Crippen LogP contribution in [0, 0.1) is 0 Å². The number of aliphatic hydroxyl groups excluding tert-OH is 1. The summed E-state index contributed by atoms with van der Waals surface area (Å²) in [6.07, 6.45) is 4.72. The highest BCUT2D eigenvalue weighted by molar-refractivity contribution is 7.99. The van der Waals surface area contributed by atoms with Crippen molar-refractivity contribution in [2.75, 3.05) is 5.32 Å². The maximum Gasteiger partial charge on any atom is 0.387 e. The summed E-state index contributed by atoms with van der Waals surface area (Å²) in [4.78, 5) is 4.29. The molecule has 13 heteroatoms. The molecule has 0 spiro atoms. The minimum Gasteiger partial charge on any atom is -0.434 e. The van der Waals surface area contributed by atoms with Gasteiger partial charge in [0.05, 0.1) is 17.4 Å². The molecule has 0 aliphatic heterocycles. The summed E-state index contributed by atoms with van der Waals surface area (Å²) in [7, 11) is 0. The van der Waals surface area contributed by atoms with Crippen molar-refractivity contribution in [1.29, 1.82) is 0 Å². The number of thioether (sulfide) groups is 1. The first kappa shape index (κ1) is 20.9. The van der Waals surface area contributed by atoms with Crippen molar-refractivity contribution < 1.29 is 27.4 Å². The minimum absolute atomic E-state index is 0.0416. The van der Waals surface area contributed by atoms with Crippen LogP contribution >= 0.6 is 11.8 Å². The number of H-pyrrole nitrogens is 1. The number of aliphatic hydroxyl groups is 1. The fourth-order valence-electron chi connectivity index (χ4n) is 2.94. The first-order valence-corrected chi connectivity index (χ1v) is 9.61. The van der Waals surface area contributed by atoms with Crippen molar-refractivity contribution in [2.45, 2.75) is 23.5 Å². The van der Waals surface area contributed by atoms with Crippen LogP contribution in [-0.2, 0) is 0 Å². The van der Waals surface area contributed by atoms with E-state index in [1.165, 1.54) is 35.2 Å². The van der Waals surface area contributed by atoms with Gasteiger partial charge in [0.15, 0.2) is 11.9 Å². The Balaban J connectivity index is 1.68. The Morgan fingerprint density at radius 3 is 2.84 bits per heavy atom. The summed E-state index contributed by atoms with van der Waals surface area (Å²) in [5.41, 5.74) is 1.13. The first-order valence-electron chi connectivity index (χ1n) is 8.73. The Hall–Kier alpha value is -3.32. The molecule has 8 nitrogen and oxygen atoms in total. The SMILES string of the molecule is OC(Nc1c[nH]nc1-c1cc(SC(F)F)ccc1OC(F)F)c1cnn2cccnc12. The summed E-state index contributed by atoms with van der Waals surface area (Å²) in [6.45, 7) is -3.13. The monoisotopic (exact) mass is 454 g/mol. The van der Waals surface area contributed by atoms with Crippen molar-refractivity contribution in [2.24, 2.45) is 0 Å². The molecule has 3 heterocycles. The average molecular weight is 454 g/mol. The fourth-order valence-corrected chi connectivity index (χ4v) is 3.48.